The molecule has 0 saturated heterocycles. The van der Waals surface area contributed by atoms with Gasteiger partial charge >= 0.3 is 0 Å². The van der Waals surface area contributed by atoms with Crippen LogP contribution in [0.4, 0.5) is 0 Å². The van der Waals surface area contributed by atoms with Crippen molar-refractivity contribution >= 4 is 17.5 Å². The Hall–Kier alpha value is -2.85. The average Bonchev–Trinajstić information content (AvgIpc) is 2.85. The largest absolute Gasteiger partial charge is 0.490 e. The number of nitriles is 1. The Morgan fingerprint density at radius 1 is 1.03 bits per heavy atom. The first-order valence-corrected chi connectivity index (χ1v) is 13.2. The fourth-order valence-corrected chi connectivity index (χ4v) is 6.10. The molecule has 1 aromatic carbocycles. The molecule has 186 valence electrons. The maximum Gasteiger partial charge on any atom is 0.269 e. The molecule has 5 rings (SSSR count). The maximum atomic E-state index is 12.7. The predicted molar refractivity (Wildman–Crippen MR) is 133 cm³/mol. The summed E-state index contributed by atoms with van der Waals surface area (Å²) >= 11 is 6.10. The van der Waals surface area contributed by atoms with Gasteiger partial charge in [0.1, 0.15) is 23.6 Å². The molecule has 0 radical (unpaired) electrons. The van der Waals surface area contributed by atoms with Gasteiger partial charge in [-0.05, 0) is 75.0 Å². The number of nitrogens with one attached hydrogen (secondary N) is 3. The quantitative estimate of drug-likeness (QED) is 0.514. The molecule has 0 atom stereocenters. The number of hydrogen-bond acceptors (Lipinski definition) is 6. The first-order chi connectivity index (χ1) is 17.0. The average molecular weight is 497 g/mol. The fourth-order valence-electron chi connectivity index (χ4n) is 5.89. The van der Waals surface area contributed by atoms with Crippen molar-refractivity contribution in [1.82, 2.24) is 16.2 Å². The molecule has 3 saturated carbocycles. The summed E-state index contributed by atoms with van der Waals surface area (Å²) in [4.78, 5) is 12.7. The molecule has 1 aromatic rings. The Balaban J connectivity index is 1.04. The van der Waals surface area contributed by atoms with Gasteiger partial charge in [-0.3, -0.25) is 15.6 Å². The number of ether oxygens (including phenoxy) is 2. The monoisotopic (exact) mass is 496 g/mol. The second-order valence-corrected chi connectivity index (χ2v) is 10.8. The van der Waals surface area contributed by atoms with Crippen LogP contribution in [0.25, 0.3) is 0 Å². The van der Waals surface area contributed by atoms with Crippen LogP contribution in [0.2, 0.25) is 5.02 Å². The number of allylic oxidation sites excluding steroid dienone is 2. The van der Waals surface area contributed by atoms with Crippen molar-refractivity contribution in [3.05, 3.63) is 52.5 Å². The predicted octanol–water partition coefficient (Wildman–Crippen LogP) is 4.98. The van der Waals surface area contributed by atoms with Crippen molar-refractivity contribution in [2.24, 2.45) is 5.41 Å². The Kier molecular flexibility index (Phi) is 7.10. The summed E-state index contributed by atoms with van der Waals surface area (Å²) in [5.41, 5.74) is 7.48. The molecular formula is C27H33ClN4O3. The van der Waals surface area contributed by atoms with E-state index in [1.165, 1.54) is 32.1 Å². The third-order valence-corrected chi connectivity index (χ3v) is 8.18. The molecule has 1 amide bonds. The first kappa shape index (κ1) is 23.9. The highest BCUT2D eigenvalue weighted by Crippen LogP contribution is 2.53. The summed E-state index contributed by atoms with van der Waals surface area (Å²) < 4.78 is 12.1. The van der Waals surface area contributed by atoms with Gasteiger partial charge in [-0.2, -0.15) is 5.26 Å². The normalized spacial score (nSPS) is 25.6. The molecule has 0 unspecified atom stereocenters. The summed E-state index contributed by atoms with van der Waals surface area (Å²) in [7, 11) is 0. The molecule has 0 bridgehead atoms. The molecule has 4 aliphatic rings. The van der Waals surface area contributed by atoms with Gasteiger partial charge in [-0.25, -0.2) is 0 Å². The molecule has 1 spiro atoms. The Morgan fingerprint density at radius 3 is 2.46 bits per heavy atom. The number of hydrogen-bond donors (Lipinski definition) is 3. The minimum Gasteiger partial charge on any atom is -0.490 e. The second kappa shape index (κ2) is 10.4. The molecule has 35 heavy (non-hydrogen) atoms. The highest BCUT2D eigenvalue weighted by molar-refractivity contribution is 6.31. The summed E-state index contributed by atoms with van der Waals surface area (Å²) in [6, 6.07) is 7.30. The lowest BCUT2D eigenvalue weighted by Gasteiger charge is -2.50. The lowest BCUT2D eigenvalue weighted by molar-refractivity contribution is -0.119. The minimum absolute atomic E-state index is 0.0720. The van der Waals surface area contributed by atoms with Crippen molar-refractivity contribution < 1.29 is 14.3 Å². The molecule has 1 heterocycles. The molecule has 3 N–H and O–H groups in total. The van der Waals surface area contributed by atoms with E-state index in [1.807, 2.05) is 6.08 Å². The Labute approximate surface area is 211 Å². The smallest absolute Gasteiger partial charge is 0.269 e. The van der Waals surface area contributed by atoms with Gasteiger partial charge in [0.05, 0.1) is 16.7 Å². The molecule has 0 aromatic heterocycles. The van der Waals surface area contributed by atoms with Crippen molar-refractivity contribution in [3.63, 3.8) is 0 Å². The van der Waals surface area contributed by atoms with E-state index in [9.17, 15) is 4.79 Å². The number of amides is 1. The Morgan fingerprint density at radius 2 is 1.80 bits per heavy atom. The molecule has 1 aliphatic heterocycles. The van der Waals surface area contributed by atoms with Crippen LogP contribution in [0.5, 0.6) is 5.75 Å². The van der Waals surface area contributed by atoms with Gasteiger partial charge in [-0.1, -0.05) is 30.9 Å². The molecular weight excluding hydrogens is 464 g/mol. The zero-order valence-electron chi connectivity index (χ0n) is 19.9. The highest BCUT2D eigenvalue weighted by atomic mass is 35.5. The van der Waals surface area contributed by atoms with Crippen LogP contribution in [-0.2, 0) is 9.53 Å². The van der Waals surface area contributed by atoms with E-state index in [1.54, 1.807) is 24.3 Å². The van der Waals surface area contributed by atoms with Crippen LogP contribution in [-0.4, -0.2) is 24.2 Å². The van der Waals surface area contributed by atoms with Crippen molar-refractivity contribution in [2.75, 3.05) is 0 Å². The number of nitrogens with zero attached hydrogens (tertiary/aromatic N) is 1. The number of carbonyl (C=O) groups is 1. The second-order valence-electron chi connectivity index (χ2n) is 10.4. The van der Waals surface area contributed by atoms with Gasteiger partial charge in [0.25, 0.3) is 5.91 Å². The number of halogens is 1. The lowest BCUT2D eigenvalue weighted by atomic mass is 9.59. The van der Waals surface area contributed by atoms with E-state index >= 15 is 0 Å². The topological polar surface area (TPSA) is 95.4 Å². The lowest BCUT2D eigenvalue weighted by Crippen LogP contribution is -2.47. The van der Waals surface area contributed by atoms with Crippen LogP contribution >= 0.6 is 11.6 Å². The van der Waals surface area contributed by atoms with E-state index in [0.29, 0.717) is 33.3 Å². The molecule has 7 nitrogen and oxygen atoms in total. The third kappa shape index (κ3) is 5.70. The Bertz CT molecular complexity index is 1040. The van der Waals surface area contributed by atoms with E-state index in [4.69, 9.17) is 26.3 Å². The first-order valence-electron chi connectivity index (χ1n) is 12.8. The SMILES string of the molecule is N#Cc1ccc(OC2CCC(NC(=O)C3=CC=C(OC4CC5(CCCCC5)C4)NN3)CC2)cc1Cl. The number of rotatable bonds is 6. The summed E-state index contributed by atoms with van der Waals surface area (Å²) in [6.45, 7) is 0. The van der Waals surface area contributed by atoms with Gasteiger partial charge in [0, 0.05) is 18.2 Å². The standard InChI is InChI=1S/C27H33ClN4O3/c28-23-14-21(7-4-18(23)17-29)34-20-8-5-19(6-9-20)30-26(33)24-10-11-25(32-31-24)35-22-15-27(16-22)12-2-1-3-13-27/h4,7,10-11,14,19-20,22,31-32H,1-3,5-6,8-9,12-13,15-16H2,(H,30,33). The van der Waals surface area contributed by atoms with Crippen LogP contribution in [0.15, 0.2) is 41.9 Å². The summed E-state index contributed by atoms with van der Waals surface area (Å²) in [5.74, 6) is 1.23. The van der Waals surface area contributed by atoms with Gasteiger partial charge in [0.15, 0.2) is 0 Å². The van der Waals surface area contributed by atoms with Crippen LogP contribution in [0.1, 0.15) is 76.2 Å². The maximum absolute atomic E-state index is 12.7. The van der Waals surface area contributed by atoms with Gasteiger partial charge in [0.2, 0.25) is 5.88 Å². The number of benzene rings is 1. The van der Waals surface area contributed by atoms with E-state index in [-0.39, 0.29) is 24.2 Å². The number of hydrazine groups is 1. The zero-order valence-corrected chi connectivity index (χ0v) is 20.7. The van der Waals surface area contributed by atoms with Crippen LogP contribution in [0.3, 0.4) is 0 Å². The number of carbonyl (C=O) groups excluding carboxylic acids is 1. The van der Waals surface area contributed by atoms with Crippen molar-refractivity contribution in [2.45, 2.75) is 88.9 Å². The highest BCUT2D eigenvalue weighted by Gasteiger charge is 2.46. The minimum atomic E-state index is -0.124. The molecule has 8 heteroatoms. The summed E-state index contributed by atoms with van der Waals surface area (Å²) in [5, 5.41) is 12.5. The van der Waals surface area contributed by atoms with Gasteiger partial charge < -0.3 is 14.8 Å². The van der Waals surface area contributed by atoms with Crippen LogP contribution in [0, 0.1) is 16.7 Å². The fraction of sp³-hybridized carbons (Fsp3) is 0.556. The van der Waals surface area contributed by atoms with Crippen molar-refractivity contribution in [3.8, 4) is 11.8 Å². The van der Waals surface area contributed by atoms with Crippen molar-refractivity contribution in [1.29, 1.82) is 5.26 Å². The molecule has 3 fully saturated rings. The van der Waals surface area contributed by atoms with Gasteiger partial charge in [-0.15, -0.1) is 0 Å². The van der Waals surface area contributed by atoms with Crippen LogP contribution < -0.4 is 20.9 Å². The van der Waals surface area contributed by atoms with E-state index < -0.39 is 0 Å². The van der Waals surface area contributed by atoms with E-state index in [2.05, 4.69) is 22.2 Å². The summed E-state index contributed by atoms with van der Waals surface area (Å²) in [6.07, 6.45) is 16.4. The molecule has 3 aliphatic carbocycles. The third-order valence-electron chi connectivity index (χ3n) is 7.87. The zero-order chi connectivity index (χ0) is 24.3. The van der Waals surface area contributed by atoms with E-state index in [0.717, 1.165) is 38.5 Å².